The standard InChI is InChI=1S/C41H50BrOP/c1-5-9-17-31(7-3)29-41(30-32(8-4)18-10-6-2)39-27-33(42)23-25-37(39)38-26-24-36(28-40(38)41)44(43,34-19-13-11-14-20-34)35-21-15-12-16-22-35/h11-16,19-28,31-32H,5-10,17-18,29-30H2,1-4H3. The van der Waals surface area contributed by atoms with Crippen LogP contribution in [0.1, 0.15) is 103 Å². The number of hydrogen-bond acceptors (Lipinski definition) is 1. The van der Waals surface area contributed by atoms with E-state index in [1.54, 1.807) is 0 Å². The third-order valence-electron chi connectivity index (χ3n) is 10.3. The predicted octanol–water partition coefficient (Wildman–Crippen LogP) is 11.6. The second kappa shape index (κ2) is 14.8. The lowest BCUT2D eigenvalue weighted by molar-refractivity contribution is 0.266. The fraction of sp³-hybridized carbons (Fsp3) is 0.415. The molecule has 1 nitrogen and oxygen atoms in total. The van der Waals surface area contributed by atoms with Gasteiger partial charge in [-0.1, -0.05) is 174 Å². The smallest absolute Gasteiger partial charge is 0.171 e. The van der Waals surface area contributed by atoms with Gasteiger partial charge < -0.3 is 4.57 Å². The Kier molecular flexibility index (Phi) is 11.1. The maximum Gasteiger partial charge on any atom is 0.171 e. The summed E-state index contributed by atoms with van der Waals surface area (Å²) in [5.74, 6) is 1.30. The molecule has 4 aromatic carbocycles. The van der Waals surface area contributed by atoms with E-state index in [0.29, 0.717) is 11.8 Å². The first-order chi connectivity index (χ1) is 21.4. The third kappa shape index (κ3) is 6.45. The highest BCUT2D eigenvalue weighted by Gasteiger charge is 2.46. The van der Waals surface area contributed by atoms with Crippen molar-refractivity contribution in [2.75, 3.05) is 0 Å². The van der Waals surface area contributed by atoms with Crippen LogP contribution in [0.15, 0.2) is 102 Å². The largest absolute Gasteiger partial charge is 0.309 e. The van der Waals surface area contributed by atoms with Gasteiger partial charge >= 0.3 is 0 Å². The van der Waals surface area contributed by atoms with Gasteiger partial charge in [0.2, 0.25) is 0 Å². The molecule has 0 aliphatic heterocycles. The average molecular weight is 670 g/mol. The van der Waals surface area contributed by atoms with E-state index in [1.807, 2.05) is 36.4 Å². The lowest BCUT2D eigenvalue weighted by Gasteiger charge is -2.39. The van der Waals surface area contributed by atoms with Crippen molar-refractivity contribution in [1.82, 2.24) is 0 Å². The summed E-state index contributed by atoms with van der Waals surface area (Å²) in [4.78, 5) is 0. The predicted molar refractivity (Wildman–Crippen MR) is 196 cm³/mol. The molecule has 0 amide bonds. The van der Waals surface area contributed by atoms with Crippen LogP contribution in [0.2, 0.25) is 0 Å². The van der Waals surface area contributed by atoms with Gasteiger partial charge in [-0.25, -0.2) is 0 Å². The molecule has 2 atom stereocenters. The third-order valence-corrected chi connectivity index (χ3v) is 13.8. The van der Waals surface area contributed by atoms with Gasteiger partial charge in [0.15, 0.2) is 7.14 Å². The molecule has 0 radical (unpaired) electrons. The van der Waals surface area contributed by atoms with Gasteiger partial charge in [-0.15, -0.1) is 0 Å². The Bertz CT molecular complexity index is 1500. The number of halogens is 1. The van der Waals surface area contributed by atoms with E-state index >= 15 is 4.57 Å². The van der Waals surface area contributed by atoms with Crippen LogP contribution < -0.4 is 15.9 Å². The first-order valence-electron chi connectivity index (χ1n) is 17.1. The van der Waals surface area contributed by atoms with Gasteiger partial charge in [-0.2, -0.15) is 0 Å². The Morgan fingerprint density at radius 2 is 1.09 bits per heavy atom. The molecule has 0 bridgehead atoms. The molecule has 0 N–H and O–H groups in total. The van der Waals surface area contributed by atoms with Gasteiger partial charge in [0.1, 0.15) is 0 Å². The van der Waals surface area contributed by atoms with E-state index in [1.165, 1.54) is 73.6 Å². The van der Waals surface area contributed by atoms with Crippen molar-refractivity contribution >= 4 is 39.0 Å². The highest BCUT2D eigenvalue weighted by atomic mass is 79.9. The molecule has 4 aromatic rings. The topological polar surface area (TPSA) is 17.1 Å². The molecule has 0 saturated heterocycles. The summed E-state index contributed by atoms with van der Waals surface area (Å²) in [6, 6.07) is 34.1. The number of benzene rings is 4. The molecule has 232 valence electrons. The first-order valence-corrected chi connectivity index (χ1v) is 19.6. The minimum absolute atomic E-state index is 0.106. The molecule has 0 aromatic heterocycles. The van der Waals surface area contributed by atoms with E-state index < -0.39 is 7.14 Å². The molecule has 44 heavy (non-hydrogen) atoms. The second-order valence-corrected chi connectivity index (χ2v) is 16.7. The molecule has 0 heterocycles. The number of unbranched alkanes of at least 4 members (excludes halogenated alkanes) is 2. The monoisotopic (exact) mass is 668 g/mol. The molecule has 0 fully saturated rings. The lowest BCUT2D eigenvalue weighted by atomic mass is 9.65. The lowest BCUT2D eigenvalue weighted by Crippen LogP contribution is -2.33. The molecule has 0 spiro atoms. The van der Waals surface area contributed by atoms with E-state index in [2.05, 4.69) is 104 Å². The van der Waals surface area contributed by atoms with E-state index in [-0.39, 0.29) is 5.41 Å². The van der Waals surface area contributed by atoms with E-state index in [4.69, 9.17) is 0 Å². The minimum Gasteiger partial charge on any atom is -0.309 e. The Balaban J connectivity index is 1.77. The van der Waals surface area contributed by atoms with Crippen LogP contribution in [0.4, 0.5) is 0 Å². The maximum atomic E-state index is 15.6. The van der Waals surface area contributed by atoms with Crippen molar-refractivity contribution in [2.45, 2.75) is 97.3 Å². The summed E-state index contributed by atoms with van der Waals surface area (Å²) in [6.45, 7) is 9.40. The average Bonchev–Trinajstić information content (AvgIpc) is 3.32. The Morgan fingerprint density at radius 3 is 1.57 bits per heavy atom. The van der Waals surface area contributed by atoms with Crippen molar-refractivity contribution in [3.63, 3.8) is 0 Å². The van der Waals surface area contributed by atoms with Crippen LogP contribution in [0.25, 0.3) is 11.1 Å². The fourth-order valence-corrected chi connectivity index (χ4v) is 10.8. The highest BCUT2D eigenvalue weighted by Crippen LogP contribution is 2.57. The quantitative estimate of drug-likeness (QED) is 0.115. The summed E-state index contributed by atoms with van der Waals surface area (Å²) >= 11 is 3.87. The summed E-state index contributed by atoms with van der Waals surface area (Å²) in [5, 5.41) is 2.76. The Morgan fingerprint density at radius 1 is 0.614 bits per heavy atom. The zero-order chi connectivity index (χ0) is 31.2. The molecule has 1 aliphatic carbocycles. The van der Waals surface area contributed by atoms with Crippen molar-refractivity contribution in [3.05, 3.63) is 113 Å². The zero-order valence-electron chi connectivity index (χ0n) is 27.2. The normalized spacial score (nSPS) is 17.2. The van der Waals surface area contributed by atoms with Crippen LogP contribution in [-0.2, 0) is 9.98 Å². The molecular formula is C41H50BrOP. The van der Waals surface area contributed by atoms with Crippen molar-refractivity contribution in [3.8, 4) is 11.1 Å². The Labute approximate surface area is 275 Å². The Hall–Kier alpha value is -2.41. The summed E-state index contributed by atoms with van der Waals surface area (Å²) in [6.07, 6.45) is 12.2. The van der Waals surface area contributed by atoms with Gasteiger partial charge in [0.05, 0.1) is 0 Å². The number of hydrogen-bond donors (Lipinski definition) is 0. The van der Waals surface area contributed by atoms with Crippen LogP contribution in [-0.4, -0.2) is 0 Å². The molecule has 1 aliphatic rings. The van der Waals surface area contributed by atoms with Crippen LogP contribution in [0.3, 0.4) is 0 Å². The van der Waals surface area contributed by atoms with Gasteiger partial charge in [-0.3, -0.25) is 0 Å². The zero-order valence-corrected chi connectivity index (χ0v) is 29.7. The summed E-state index contributed by atoms with van der Waals surface area (Å²) < 4.78 is 16.7. The van der Waals surface area contributed by atoms with Crippen molar-refractivity contribution in [2.24, 2.45) is 11.8 Å². The molecule has 3 heteroatoms. The SMILES string of the molecule is CCCCC(CC)CC1(CC(CC)CCCC)c2cc(Br)ccc2-c2ccc(P(=O)(c3ccccc3)c3ccccc3)cc21. The van der Waals surface area contributed by atoms with Gasteiger partial charge in [0.25, 0.3) is 0 Å². The van der Waals surface area contributed by atoms with Crippen molar-refractivity contribution in [1.29, 1.82) is 0 Å². The second-order valence-electron chi connectivity index (χ2n) is 13.0. The van der Waals surface area contributed by atoms with Crippen LogP contribution in [0, 0.1) is 11.8 Å². The van der Waals surface area contributed by atoms with E-state index in [9.17, 15) is 0 Å². The maximum absolute atomic E-state index is 15.6. The molecule has 5 rings (SSSR count). The van der Waals surface area contributed by atoms with Gasteiger partial charge in [-0.05, 0) is 65.1 Å². The fourth-order valence-electron chi connectivity index (χ4n) is 7.77. The molecule has 0 saturated carbocycles. The summed E-state index contributed by atoms with van der Waals surface area (Å²) in [5.41, 5.74) is 5.46. The minimum atomic E-state index is -3.10. The first kappa shape index (κ1) is 33.0. The van der Waals surface area contributed by atoms with Crippen LogP contribution >= 0.6 is 23.1 Å². The molecule has 2 unspecified atom stereocenters. The van der Waals surface area contributed by atoms with Crippen LogP contribution in [0.5, 0.6) is 0 Å². The number of rotatable bonds is 15. The van der Waals surface area contributed by atoms with Gasteiger partial charge in [0, 0.05) is 25.8 Å². The summed E-state index contributed by atoms with van der Waals surface area (Å²) in [7, 11) is -3.10. The number of fused-ring (bicyclic) bond motifs is 3. The van der Waals surface area contributed by atoms with Crippen molar-refractivity contribution < 1.29 is 4.57 Å². The molecular weight excluding hydrogens is 619 g/mol. The highest BCUT2D eigenvalue weighted by molar-refractivity contribution is 9.10. The van der Waals surface area contributed by atoms with E-state index in [0.717, 1.165) is 33.2 Å².